The van der Waals surface area contributed by atoms with Crippen molar-refractivity contribution in [3.8, 4) is 11.5 Å². The molecule has 0 spiro atoms. The van der Waals surface area contributed by atoms with Crippen LogP contribution in [-0.4, -0.2) is 32.3 Å². The Balaban J connectivity index is 1.84. The van der Waals surface area contributed by atoms with E-state index in [9.17, 15) is 0 Å². The quantitative estimate of drug-likeness (QED) is 0.797. The van der Waals surface area contributed by atoms with E-state index in [2.05, 4.69) is 17.0 Å². The summed E-state index contributed by atoms with van der Waals surface area (Å²) in [6.45, 7) is 3.43. The zero-order valence-electron chi connectivity index (χ0n) is 9.89. The highest BCUT2D eigenvalue weighted by molar-refractivity contribution is 5.57. The monoisotopic (exact) mass is 234 g/mol. The van der Waals surface area contributed by atoms with Gasteiger partial charge in [0.2, 0.25) is 0 Å². The summed E-state index contributed by atoms with van der Waals surface area (Å²) >= 11 is 0. The standard InChI is InChI=1S/C13H18N2O2/c14-10-4-5-15(9-10)11-2-3-12-13(8-11)17-7-1-6-16-12/h2-3,8,10H,1,4-7,9,14H2. The second-order valence-electron chi connectivity index (χ2n) is 4.68. The van der Waals surface area contributed by atoms with Crippen LogP contribution in [0.1, 0.15) is 12.8 Å². The maximum atomic E-state index is 5.93. The summed E-state index contributed by atoms with van der Waals surface area (Å²) in [6.07, 6.45) is 2.01. The molecule has 2 aliphatic rings. The van der Waals surface area contributed by atoms with E-state index in [1.54, 1.807) is 0 Å². The number of hydrogen-bond donors (Lipinski definition) is 1. The smallest absolute Gasteiger partial charge is 0.163 e. The van der Waals surface area contributed by atoms with E-state index in [0.717, 1.165) is 50.6 Å². The topological polar surface area (TPSA) is 47.7 Å². The van der Waals surface area contributed by atoms with E-state index >= 15 is 0 Å². The molecule has 3 rings (SSSR count). The minimum Gasteiger partial charge on any atom is -0.490 e. The summed E-state index contributed by atoms with van der Waals surface area (Å²) in [6, 6.07) is 6.45. The van der Waals surface area contributed by atoms with E-state index < -0.39 is 0 Å². The zero-order chi connectivity index (χ0) is 11.7. The third-order valence-corrected chi connectivity index (χ3v) is 3.32. The van der Waals surface area contributed by atoms with Crippen molar-refractivity contribution in [2.45, 2.75) is 18.9 Å². The Morgan fingerprint density at radius 3 is 2.76 bits per heavy atom. The molecule has 17 heavy (non-hydrogen) atoms. The van der Waals surface area contributed by atoms with E-state index in [1.165, 1.54) is 5.69 Å². The van der Waals surface area contributed by atoms with Crippen LogP contribution in [0.2, 0.25) is 0 Å². The number of nitrogens with two attached hydrogens (primary N) is 1. The zero-order valence-corrected chi connectivity index (χ0v) is 9.89. The lowest BCUT2D eigenvalue weighted by atomic mass is 10.2. The van der Waals surface area contributed by atoms with Gasteiger partial charge in [0.05, 0.1) is 13.2 Å². The molecule has 0 aromatic heterocycles. The fraction of sp³-hybridized carbons (Fsp3) is 0.538. The van der Waals surface area contributed by atoms with Crippen molar-refractivity contribution in [1.82, 2.24) is 0 Å². The molecule has 1 unspecified atom stereocenters. The minimum absolute atomic E-state index is 0.297. The van der Waals surface area contributed by atoms with E-state index in [4.69, 9.17) is 15.2 Å². The van der Waals surface area contributed by atoms with Gasteiger partial charge in [-0.2, -0.15) is 0 Å². The Morgan fingerprint density at radius 2 is 2.00 bits per heavy atom. The molecule has 4 nitrogen and oxygen atoms in total. The van der Waals surface area contributed by atoms with Crippen molar-refractivity contribution in [1.29, 1.82) is 0 Å². The van der Waals surface area contributed by atoms with Crippen molar-refractivity contribution >= 4 is 5.69 Å². The molecule has 0 amide bonds. The third-order valence-electron chi connectivity index (χ3n) is 3.32. The molecule has 1 saturated heterocycles. The lowest BCUT2D eigenvalue weighted by Gasteiger charge is -2.19. The molecule has 92 valence electrons. The number of fused-ring (bicyclic) bond motifs is 1. The molecule has 1 fully saturated rings. The molecule has 2 heterocycles. The van der Waals surface area contributed by atoms with Crippen LogP contribution in [0, 0.1) is 0 Å². The highest BCUT2D eigenvalue weighted by Crippen LogP contribution is 2.34. The molecule has 0 aliphatic carbocycles. The second kappa shape index (κ2) is 4.45. The van der Waals surface area contributed by atoms with Crippen LogP contribution >= 0.6 is 0 Å². The second-order valence-corrected chi connectivity index (χ2v) is 4.68. The van der Waals surface area contributed by atoms with E-state index in [1.807, 2.05) is 6.07 Å². The average molecular weight is 234 g/mol. The largest absolute Gasteiger partial charge is 0.490 e. The van der Waals surface area contributed by atoms with Gasteiger partial charge in [0, 0.05) is 37.3 Å². The lowest BCUT2D eigenvalue weighted by Crippen LogP contribution is -2.26. The van der Waals surface area contributed by atoms with Gasteiger partial charge in [-0.3, -0.25) is 0 Å². The SMILES string of the molecule is NC1CCN(c2ccc3c(c2)OCCCO3)C1. The van der Waals surface area contributed by atoms with Crippen molar-refractivity contribution in [2.24, 2.45) is 5.73 Å². The van der Waals surface area contributed by atoms with Gasteiger partial charge in [-0.1, -0.05) is 0 Å². The number of benzene rings is 1. The van der Waals surface area contributed by atoms with Gasteiger partial charge in [0.25, 0.3) is 0 Å². The highest BCUT2D eigenvalue weighted by Gasteiger charge is 2.21. The van der Waals surface area contributed by atoms with Crippen LogP contribution < -0.4 is 20.1 Å². The number of ether oxygens (including phenoxy) is 2. The predicted octanol–water partition coefficient (Wildman–Crippen LogP) is 1.39. The molecule has 4 heteroatoms. The molecular formula is C13H18N2O2. The van der Waals surface area contributed by atoms with Crippen molar-refractivity contribution in [2.75, 3.05) is 31.2 Å². The van der Waals surface area contributed by atoms with Gasteiger partial charge in [-0.05, 0) is 18.6 Å². The van der Waals surface area contributed by atoms with Gasteiger partial charge in [-0.15, -0.1) is 0 Å². The van der Waals surface area contributed by atoms with Crippen LogP contribution in [0.4, 0.5) is 5.69 Å². The first kappa shape index (κ1) is 10.7. The predicted molar refractivity (Wildman–Crippen MR) is 66.9 cm³/mol. The summed E-state index contributed by atoms with van der Waals surface area (Å²) < 4.78 is 11.3. The Kier molecular flexibility index (Phi) is 2.81. The summed E-state index contributed by atoms with van der Waals surface area (Å²) in [5.74, 6) is 1.72. The minimum atomic E-state index is 0.297. The van der Waals surface area contributed by atoms with Gasteiger partial charge >= 0.3 is 0 Å². The number of nitrogens with zero attached hydrogens (tertiary/aromatic N) is 1. The molecule has 2 N–H and O–H groups in total. The third kappa shape index (κ3) is 2.17. The molecule has 2 aliphatic heterocycles. The van der Waals surface area contributed by atoms with Crippen molar-refractivity contribution in [3.05, 3.63) is 18.2 Å². The summed E-state index contributed by atoms with van der Waals surface area (Å²) in [4.78, 5) is 2.30. The van der Waals surface area contributed by atoms with Gasteiger partial charge in [0.1, 0.15) is 0 Å². The molecule has 1 aromatic carbocycles. The Hall–Kier alpha value is -1.42. The maximum absolute atomic E-state index is 5.93. The molecule has 0 radical (unpaired) electrons. The van der Waals surface area contributed by atoms with Gasteiger partial charge in [-0.25, -0.2) is 0 Å². The summed E-state index contributed by atoms with van der Waals surface area (Å²) in [5, 5.41) is 0. The number of anilines is 1. The fourth-order valence-corrected chi connectivity index (χ4v) is 2.37. The number of hydrogen-bond acceptors (Lipinski definition) is 4. The van der Waals surface area contributed by atoms with Gasteiger partial charge < -0.3 is 20.1 Å². The molecule has 0 saturated carbocycles. The summed E-state index contributed by atoms with van der Waals surface area (Å²) in [5.41, 5.74) is 7.11. The van der Waals surface area contributed by atoms with Crippen LogP contribution in [0.15, 0.2) is 18.2 Å². The molecular weight excluding hydrogens is 216 g/mol. The van der Waals surface area contributed by atoms with Crippen LogP contribution in [0.25, 0.3) is 0 Å². The fourth-order valence-electron chi connectivity index (χ4n) is 2.37. The normalized spacial score (nSPS) is 23.6. The van der Waals surface area contributed by atoms with Crippen LogP contribution in [0.3, 0.4) is 0 Å². The lowest BCUT2D eigenvalue weighted by molar-refractivity contribution is 0.297. The molecule has 1 atom stereocenters. The van der Waals surface area contributed by atoms with Crippen molar-refractivity contribution < 1.29 is 9.47 Å². The van der Waals surface area contributed by atoms with E-state index in [-0.39, 0.29) is 0 Å². The first-order valence-corrected chi connectivity index (χ1v) is 6.23. The van der Waals surface area contributed by atoms with Crippen LogP contribution in [0.5, 0.6) is 11.5 Å². The van der Waals surface area contributed by atoms with Gasteiger partial charge in [0.15, 0.2) is 11.5 Å². The maximum Gasteiger partial charge on any atom is 0.163 e. The van der Waals surface area contributed by atoms with Crippen molar-refractivity contribution in [3.63, 3.8) is 0 Å². The average Bonchev–Trinajstić information content (AvgIpc) is 2.64. The number of rotatable bonds is 1. The molecule has 1 aromatic rings. The Bertz CT molecular complexity index is 408. The highest BCUT2D eigenvalue weighted by atomic mass is 16.5. The Labute approximate surface area is 101 Å². The van der Waals surface area contributed by atoms with E-state index in [0.29, 0.717) is 6.04 Å². The Morgan fingerprint density at radius 1 is 1.18 bits per heavy atom. The first-order chi connectivity index (χ1) is 8.33. The summed E-state index contributed by atoms with van der Waals surface area (Å²) in [7, 11) is 0. The van der Waals surface area contributed by atoms with Crippen LogP contribution in [-0.2, 0) is 0 Å². The molecule has 0 bridgehead atoms. The first-order valence-electron chi connectivity index (χ1n) is 6.23.